The molecule has 3 N–H and O–H groups in total. The van der Waals surface area contributed by atoms with E-state index in [0.717, 1.165) is 31.6 Å². The number of aromatic nitrogens is 2. The van der Waals surface area contributed by atoms with Crippen LogP contribution in [0.15, 0.2) is 18.2 Å². The maximum Gasteiger partial charge on any atom is 0.248 e. The van der Waals surface area contributed by atoms with E-state index in [0.29, 0.717) is 35.0 Å². The van der Waals surface area contributed by atoms with Gasteiger partial charge < -0.3 is 15.8 Å². The van der Waals surface area contributed by atoms with Gasteiger partial charge in [0.1, 0.15) is 5.69 Å². The molecule has 116 valence electrons. The topological polar surface area (TPSA) is 90.1 Å². The second-order valence-corrected chi connectivity index (χ2v) is 5.69. The molecule has 3 rings (SSSR count). The van der Waals surface area contributed by atoms with E-state index in [-0.39, 0.29) is 0 Å². The van der Waals surface area contributed by atoms with Gasteiger partial charge in [-0.15, -0.1) is 0 Å². The van der Waals surface area contributed by atoms with Gasteiger partial charge in [0.15, 0.2) is 0 Å². The standard InChI is InChI=1S/C16H20N4O2/c1-10-16(22-9-11-4-6-18-7-5-11)20-13-3-2-12(15(17)21)8-14(13)19-10/h2-3,8,11,18H,4-7,9H2,1H3,(H2,17,21). The van der Waals surface area contributed by atoms with Gasteiger partial charge in [-0.2, -0.15) is 0 Å². The Labute approximate surface area is 129 Å². The van der Waals surface area contributed by atoms with E-state index in [2.05, 4.69) is 15.3 Å². The van der Waals surface area contributed by atoms with Crippen molar-refractivity contribution < 1.29 is 9.53 Å². The molecule has 0 bridgehead atoms. The van der Waals surface area contributed by atoms with Gasteiger partial charge in [-0.3, -0.25) is 4.79 Å². The number of piperidine rings is 1. The third-order valence-corrected chi connectivity index (χ3v) is 3.99. The van der Waals surface area contributed by atoms with Gasteiger partial charge in [0.25, 0.3) is 0 Å². The van der Waals surface area contributed by atoms with E-state index in [4.69, 9.17) is 10.5 Å². The summed E-state index contributed by atoms with van der Waals surface area (Å²) in [5.74, 6) is 0.667. The predicted octanol–water partition coefficient (Wildman–Crippen LogP) is 1.42. The maximum atomic E-state index is 11.2. The molecule has 6 nitrogen and oxygen atoms in total. The molecule has 0 spiro atoms. The molecule has 1 aliphatic heterocycles. The lowest BCUT2D eigenvalue weighted by Crippen LogP contribution is -2.30. The summed E-state index contributed by atoms with van der Waals surface area (Å²) in [7, 11) is 0. The van der Waals surface area contributed by atoms with Crippen LogP contribution in [-0.4, -0.2) is 35.6 Å². The Morgan fingerprint density at radius 1 is 1.32 bits per heavy atom. The molecule has 2 aromatic rings. The molecule has 2 heterocycles. The Morgan fingerprint density at radius 2 is 2.09 bits per heavy atom. The number of aryl methyl sites for hydroxylation is 1. The number of hydrogen-bond acceptors (Lipinski definition) is 5. The summed E-state index contributed by atoms with van der Waals surface area (Å²) in [4.78, 5) is 20.2. The summed E-state index contributed by atoms with van der Waals surface area (Å²) in [5.41, 5.74) is 7.81. The minimum atomic E-state index is -0.465. The van der Waals surface area contributed by atoms with Crippen LogP contribution < -0.4 is 15.8 Å². The number of rotatable bonds is 4. The summed E-state index contributed by atoms with van der Waals surface area (Å²) in [6.45, 7) is 4.63. The Kier molecular flexibility index (Phi) is 4.20. The fourth-order valence-electron chi connectivity index (χ4n) is 2.66. The third kappa shape index (κ3) is 3.17. The zero-order valence-corrected chi connectivity index (χ0v) is 12.6. The smallest absolute Gasteiger partial charge is 0.248 e. The van der Waals surface area contributed by atoms with Gasteiger partial charge in [0.05, 0.1) is 17.6 Å². The van der Waals surface area contributed by atoms with Crippen LogP contribution in [0.2, 0.25) is 0 Å². The first-order valence-electron chi connectivity index (χ1n) is 7.55. The minimum Gasteiger partial charge on any atom is -0.476 e. The van der Waals surface area contributed by atoms with Gasteiger partial charge in [0, 0.05) is 5.56 Å². The van der Waals surface area contributed by atoms with Crippen LogP contribution in [0, 0.1) is 12.8 Å². The number of carbonyl (C=O) groups is 1. The summed E-state index contributed by atoms with van der Waals surface area (Å²) >= 11 is 0. The van der Waals surface area contributed by atoms with Crippen molar-refractivity contribution in [3.8, 4) is 5.88 Å². The number of fused-ring (bicyclic) bond motifs is 1. The van der Waals surface area contributed by atoms with Crippen molar-refractivity contribution in [3.63, 3.8) is 0 Å². The molecule has 0 saturated carbocycles. The third-order valence-electron chi connectivity index (χ3n) is 3.99. The molecule has 0 unspecified atom stereocenters. The number of nitrogens with zero attached hydrogens (tertiary/aromatic N) is 2. The fraction of sp³-hybridized carbons (Fsp3) is 0.438. The lowest BCUT2D eigenvalue weighted by atomic mass is 9.99. The average Bonchev–Trinajstić information content (AvgIpc) is 2.53. The van der Waals surface area contributed by atoms with Crippen molar-refractivity contribution in [2.45, 2.75) is 19.8 Å². The summed E-state index contributed by atoms with van der Waals surface area (Å²) in [5, 5.41) is 3.34. The molecular weight excluding hydrogens is 280 g/mol. The van der Waals surface area contributed by atoms with Gasteiger partial charge in [-0.1, -0.05) is 0 Å². The second kappa shape index (κ2) is 6.27. The van der Waals surface area contributed by atoms with Crippen LogP contribution in [-0.2, 0) is 0 Å². The van der Waals surface area contributed by atoms with Crippen LogP contribution in [0.5, 0.6) is 5.88 Å². The molecule has 1 aliphatic rings. The van der Waals surface area contributed by atoms with Crippen molar-refractivity contribution in [3.05, 3.63) is 29.5 Å². The van der Waals surface area contributed by atoms with Crippen LogP contribution in [0.3, 0.4) is 0 Å². The highest BCUT2D eigenvalue weighted by Crippen LogP contribution is 2.21. The first-order chi connectivity index (χ1) is 10.6. The summed E-state index contributed by atoms with van der Waals surface area (Å²) in [6.07, 6.45) is 2.25. The highest BCUT2D eigenvalue weighted by molar-refractivity contribution is 5.96. The van der Waals surface area contributed by atoms with E-state index < -0.39 is 5.91 Å². The number of primary amides is 1. The van der Waals surface area contributed by atoms with Crippen LogP contribution in [0.1, 0.15) is 28.9 Å². The molecule has 1 aromatic heterocycles. The molecule has 1 aromatic carbocycles. The SMILES string of the molecule is Cc1nc2cc(C(N)=O)ccc2nc1OCC1CCNCC1. The van der Waals surface area contributed by atoms with E-state index in [1.54, 1.807) is 18.2 Å². The lowest BCUT2D eigenvalue weighted by Gasteiger charge is -2.22. The lowest BCUT2D eigenvalue weighted by molar-refractivity contribution is 0.100. The first-order valence-corrected chi connectivity index (χ1v) is 7.55. The van der Waals surface area contributed by atoms with Gasteiger partial charge >= 0.3 is 0 Å². The Bertz CT molecular complexity index is 696. The average molecular weight is 300 g/mol. The van der Waals surface area contributed by atoms with Crippen molar-refractivity contribution >= 4 is 16.9 Å². The van der Waals surface area contributed by atoms with Crippen molar-refractivity contribution in [2.24, 2.45) is 11.7 Å². The molecule has 1 fully saturated rings. The Morgan fingerprint density at radius 3 is 2.82 bits per heavy atom. The molecule has 1 saturated heterocycles. The van der Waals surface area contributed by atoms with Gasteiger partial charge in [0.2, 0.25) is 11.8 Å². The monoisotopic (exact) mass is 300 g/mol. The zero-order chi connectivity index (χ0) is 15.5. The van der Waals surface area contributed by atoms with E-state index >= 15 is 0 Å². The first kappa shape index (κ1) is 14.7. The van der Waals surface area contributed by atoms with E-state index in [1.165, 1.54) is 0 Å². The number of nitrogens with one attached hydrogen (secondary N) is 1. The number of ether oxygens (including phenoxy) is 1. The zero-order valence-electron chi connectivity index (χ0n) is 12.6. The van der Waals surface area contributed by atoms with Gasteiger partial charge in [-0.25, -0.2) is 9.97 Å². The van der Waals surface area contributed by atoms with E-state index in [1.807, 2.05) is 6.92 Å². The van der Waals surface area contributed by atoms with Crippen molar-refractivity contribution in [1.82, 2.24) is 15.3 Å². The summed E-state index contributed by atoms with van der Waals surface area (Å²) in [6, 6.07) is 5.07. The molecular formula is C16H20N4O2. The minimum absolute atomic E-state index is 0.435. The van der Waals surface area contributed by atoms with Crippen LogP contribution in [0.25, 0.3) is 11.0 Å². The molecule has 1 amide bonds. The molecule has 6 heteroatoms. The van der Waals surface area contributed by atoms with Crippen molar-refractivity contribution in [1.29, 1.82) is 0 Å². The molecule has 0 atom stereocenters. The predicted molar refractivity (Wildman–Crippen MR) is 83.9 cm³/mol. The maximum absolute atomic E-state index is 11.2. The number of benzene rings is 1. The van der Waals surface area contributed by atoms with Crippen LogP contribution in [0.4, 0.5) is 0 Å². The number of carbonyl (C=O) groups excluding carboxylic acids is 1. The summed E-state index contributed by atoms with van der Waals surface area (Å²) < 4.78 is 5.87. The normalized spacial score (nSPS) is 15.9. The van der Waals surface area contributed by atoms with E-state index in [9.17, 15) is 4.79 Å². The molecule has 0 radical (unpaired) electrons. The largest absolute Gasteiger partial charge is 0.476 e. The second-order valence-electron chi connectivity index (χ2n) is 5.69. The molecule has 0 aliphatic carbocycles. The highest BCUT2D eigenvalue weighted by atomic mass is 16.5. The number of nitrogens with two attached hydrogens (primary N) is 1. The Balaban J connectivity index is 1.79. The quantitative estimate of drug-likeness (QED) is 0.891. The number of amides is 1. The van der Waals surface area contributed by atoms with Crippen molar-refractivity contribution in [2.75, 3.05) is 19.7 Å². The molecule has 22 heavy (non-hydrogen) atoms. The highest BCUT2D eigenvalue weighted by Gasteiger charge is 2.15. The van der Waals surface area contributed by atoms with Gasteiger partial charge in [-0.05, 0) is 57.0 Å². The Hall–Kier alpha value is -2.21. The van der Waals surface area contributed by atoms with Crippen LogP contribution >= 0.6 is 0 Å². The number of hydrogen-bond donors (Lipinski definition) is 2. The fourth-order valence-corrected chi connectivity index (χ4v) is 2.66.